The number of ether oxygens (including phenoxy) is 2. The van der Waals surface area contributed by atoms with Crippen LogP contribution in [0.3, 0.4) is 0 Å². The van der Waals surface area contributed by atoms with Gasteiger partial charge in [0.15, 0.2) is 17.3 Å². The topological polar surface area (TPSA) is 53.4 Å². The molecule has 108 valence electrons. The third-order valence-corrected chi connectivity index (χ3v) is 3.51. The Balaban J connectivity index is 1.79. The van der Waals surface area contributed by atoms with Crippen molar-refractivity contribution in [1.29, 1.82) is 0 Å². The second-order valence-electron chi connectivity index (χ2n) is 4.77. The molecule has 0 radical (unpaired) electrons. The summed E-state index contributed by atoms with van der Waals surface area (Å²) in [4.78, 5) is 12.2. The average Bonchev–Trinajstić information content (AvgIpc) is 3.10. The van der Waals surface area contributed by atoms with Gasteiger partial charge in [0.25, 0.3) is 0 Å². The zero-order chi connectivity index (χ0) is 14.8. The molecule has 0 N–H and O–H groups in total. The van der Waals surface area contributed by atoms with E-state index < -0.39 is 0 Å². The molecule has 0 atom stereocenters. The summed E-state index contributed by atoms with van der Waals surface area (Å²) in [6, 6.07) is 5.20. The Morgan fingerprint density at radius 2 is 2.19 bits per heavy atom. The number of carbonyl (C=O) groups excluding carboxylic acids is 1. The van der Waals surface area contributed by atoms with E-state index in [4.69, 9.17) is 9.47 Å². The average molecular weight is 284 g/mol. The molecule has 5 heteroatoms. The minimum atomic E-state index is -0.0723. The van der Waals surface area contributed by atoms with Gasteiger partial charge < -0.3 is 9.47 Å². The molecular weight excluding hydrogens is 268 g/mol. The maximum Gasteiger partial charge on any atom is 0.231 e. The van der Waals surface area contributed by atoms with Gasteiger partial charge in [0, 0.05) is 23.4 Å². The fourth-order valence-corrected chi connectivity index (χ4v) is 2.25. The number of nitrogens with zero attached hydrogens (tertiary/aromatic N) is 2. The molecule has 0 aliphatic carbocycles. The molecule has 5 nitrogen and oxygen atoms in total. The van der Waals surface area contributed by atoms with Crippen LogP contribution in [-0.4, -0.2) is 22.4 Å². The number of hydrogen-bond donors (Lipinski definition) is 0. The van der Waals surface area contributed by atoms with Crippen LogP contribution in [0.25, 0.3) is 6.08 Å². The Hall–Kier alpha value is -2.56. The van der Waals surface area contributed by atoms with Gasteiger partial charge in [-0.1, -0.05) is 0 Å². The summed E-state index contributed by atoms with van der Waals surface area (Å²) in [6.45, 7) is 5.04. The highest BCUT2D eigenvalue weighted by molar-refractivity contribution is 6.07. The van der Waals surface area contributed by atoms with Crippen molar-refractivity contribution in [2.75, 3.05) is 6.79 Å². The van der Waals surface area contributed by atoms with Crippen LogP contribution in [0.5, 0.6) is 11.5 Å². The summed E-state index contributed by atoms with van der Waals surface area (Å²) in [5, 5.41) is 4.25. The molecule has 2 heterocycles. The van der Waals surface area contributed by atoms with Gasteiger partial charge >= 0.3 is 0 Å². The summed E-state index contributed by atoms with van der Waals surface area (Å²) in [5.41, 5.74) is 2.58. The van der Waals surface area contributed by atoms with Crippen molar-refractivity contribution >= 4 is 11.9 Å². The van der Waals surface area contributed by atoms with Gasteiger partial charge in [0.1, 0.15) is 0 Å². The molecule has 1 aliphatic heterocycles. The van der Waals surface area contributed by atoms with Crippen LogP contribution >= 0.6 is 0 Å². The zero-order valence-electron chi connectivity index (χ0n) is 12.0. The normalized spacial score (nSPS) is 13.0. The molecule has 1 aliphatic rings. The number of carbonyl (C=O) groups is 1. The van der Waals surface area contributed by atoms with Gasteiger partial charge in [-0.25, -0.2) is 0 Å². The predicted octanol–water partition coefficient (Wildman–Crippen LogP) is 2.84. The number of rotatable bonds is 4. The molecular formula is C16H16N2O3. The molecule has 3 rings (SSSR count). The molecule has 0 fully saturated rings. The van der Waals surface area contributed by atoms with Crippen LogP contribution in [0, 0.1) is 6.92 Å². The highest BCUT2D eigenvalue weighted by atomic mass is 16.7. The first kappa shape index (κ1) is 13.4. The monoisotopic (exact) mass is 284 g/mol. The van der Waals surface area contributed by atoms with Crippen molar-refractivity contribution in [2.45, 2.75) is 20.4 Å². The fraction of sp³-hybridized carbons (Fsp3) is 0.250. The third kappa shape index (κ3) is 2.54. The highest BCUT2D eigenvalue weighted by Crippen LogP contribution is 2.32. The van der Waals surface area contributed by atoms with Gasteiger partial charge in [0.2, 0.25) is 6.79 Å². The van der Waals surface area contributed by atoms with E-state index in [1.807, 2.05) is 18.5 Å². The predicted molar refractivity (Wildman–Crippen MR) is 78.6 cm³/mol. The summed E-state index contributed by atoms with van der Waals surface area (Å²) in [5.74, 6) is 1.22. The molecule has 1 aromatic heterocycles. The smallest absolute Gasteiger partial charge is 0.231 e. The van der Waals surface area contributed by atoms with Crippen molar-refractivity contribution < 1.29 is 14.3 Å². The molecule has 1 aromatic carbocycles. The van der Waals surface area contributed by atoms with Crippen molar-refractivity contribution in [3.8, 4) is 11.5 Å². The highest BCUT2D eigenvalue weighted by Gasteiger charge is 2.15. The summed E-state index contributed by atoms with van der Waals surface area (Å²) in [6.07, 6.45) is 5.12. The van der Waals surface area contributed by atoms with E-state index in [2.05, 4.69) is 5.10 Å². The van der Waals surface area contributed by atoms with Gasteiger partial charge in [-0.2, -0.15) is 5.10 Å². The van der Waals surface area contributed by atoms with E-state index in [9.17, 15) is 4.79 Å². The molecule has 0 saturated carbocycles. The lowest BCUT2D eigenvalue weighted by atomic mass is 10.1. The molecule has 0 spiro atoms. The fourth-order valence-electron chi connectivity index (χ4n) is 2.25. The Morgan fingerprint density at radius 3 is 2.95 bits per heavy atom. The lowest BCUT2D eigenvalue weighted by Gasteiger charge is -2.00. The van der Waals surface area contributed by atoms with E-state index in [-0.39, 0.29) is 12.6 Å². The summed E-state index contributed by atoms with van der Waals surface area (Å²) in [7, 11) is 0. The minimum Gasteiger partial charge on any atom is -0.454 e. The molecule has 0 amide bonds. The lowest BCUT2D eigenvalue weighted by molar-refractivity contribution is 0.104. The molecule has 21 heavy (non-hydrogen) atoms. The van der Waals surface area contributed by atoms with Crippen LogP contribution in [0.1, 0.15) is 28.5 Å². The second-order valence-corrected chi connectivity index (χ2v) is 4.77. The number of ketones is 1. The van der Waals surface area contributed by atoms with Crippen LogP contribution in [0.4, 0.5) is 0 Å². The summed E-state index contributed by atoms with van der Waals surface area (Å²) < 4.78 is 12.4. The summed E-state index contributed by atoms with van der Waals surface area (Å²) >= 11 is 0. The molecule has 0 saturated heterocycles. The number of hydrogen-bond acceptors (Lipinski definition) is 4. The van der Waals surface area contributed by atoms with E-state index in [1.165, 1.54) is 0 Å². The first-order valence-corrected chi connectivity index (χ1v) is 6.83. The number of aromatic nitrogens is 2. The van der Waals surface area contributed by atoms with Crippen LogP contribution in [0.15, 0.2) is 30.5 Å². The Labute approximate surface area is 122 Å². The van der Waals surface area contributed by atoms with Gasteiger partial charge in [-0.3, -0.25) is 9.48 Å². The van der Waals surface area contributed by atoms with Gasteiger partial charge in [0.05, 0.1) is 6.20 Å². The molecule has 2 aromatic rings. The Bertz CT molecular complexity index is 716. The first-order chi connectivity index (χ1) is 10.2. The van der Waals surface area contributed by atoms with E-state index in [1.54, 1.807) is 36.5 Å². The largest absolute Gasteiger partial charge is 0.454 e. The quantitative estimate of drug-likeness (QED) is 0.640. The number of aryl methyl sites for hydroxylation is 1. The SMILES string of the molecule is CCn1ncc(C=CC(=O)c2ccc3c(c2)OCO3)c1C. The van der Waals surface area contributed by atoms with Crippen LogP contribution in [-0.2, 0) is 6.54 Å². The van der Waals surface area contributed by atoms with Gasteiger partial charge in [-0.05, 0) is 44.2 Å². The van der Waals surface area contributed by atoms with Crippen molar-refractivity contribution in [1.82, 2.24) is 9.78 Å². The maximum atomic E-state index is 12.2. The van der Waals surface area contributed by atoms with Gasteiger partial charge in [-0.15, -0.1) is 0 Å². The standard InChI is InChI=1S/C16H16N2O3/c1-3-18-11(2)13(9-17-18)4-6-14(19)12-5-7-15-16(8-12)21-10-20-15/h4-9H,3,10H2,1-2H3. The van der Waals surface area contributed by atoms with E-state index in [0.29, 0.717) is 17.1 Å². The number of benzene rings is 1. The minimum absolute atomic E-state index is 0.0723. The van der Waals surface area contributed by atoms with Crippen molar-refractivity contribution in [3.05, 3.63) is 47.3 Å². The van der Waals surface area contributed by atoms with E-state index in [0.717, 1.165) is 17.8 Å². The van der Waals surface area contributed by atoms with E-state index >= 15 is 0 Å². The first-order valence-electron chi connectivity index (χ1n) is 6.83. The second kappa shape index (κ2) is 5.44. The zero-order valence-corrected chi connectivity index (χ0v) is 12.0. The van der Waals surface area contributed by atoms with Crippen molar-refractivity contribution in [3.63, 3.8) is 0 Å². The third-order valence-electron chi connectivity index (χ3n) is 3.51. The number of allylic oxidation sites excluding steroid dienone is 1. The van der Waals surface area contributed by atoms with Crippen molar-refractivity contribution in [2.24, 2.45) is 0 Å². The maximum absolute atomic E-state index is 12.2. The van der Waals surface area contributed by atoms with Crippen LogP contribution in [0.2, 0.25) is 0 Å². The Kier molecular flexibility index (Phi) is 3.48. The lowest BCUT2D eigenvalue weighted by Crippen LogP contribution is -1.98. The van der Waals surface area contributed by atoms with Crippen LogP contribution < -0.4 is 9.47 Å². The molecule has 0 bridgehead atoms. The number of fused-ring (bicyclic) bond motifs is 1. The Morgan fingerprint density at radius 1 is 1.38 bits per heavy atom. The molecule has 0 unspecified atom stereocenters.